The van der Waals surface area contributed by atoms with Crippen LogP contribution in [-0.4, -0.2) is 48.0 Å². The molecule has 2 aliphatic heterocycles. The molecule has 3 heterocycles. The van der Waals surface area contributed by atoms with Gasteiger partial charge in [-0.15, -0.1) is 0 Å². The van der Waals surface area contributed by atoms with E-state index in [9.17, 15) is 13.2 Å². The van der Waals surface area contributed by atoms with Crippen LogP contribution < -0.4 is 4.90 Å². The first-order valence-electron chi connectivity index (χ1n) is 11.9. The first-order chi connectivity index (χ1) is 16.4. The van der Waals surface area contributed by atoms with Crippen LogP contribution in [0.2, 0.25) is 0 Å². The van der Waals surface area contributed by atoms with E-state index in [0.717, 1.165) is 30.8 Å². The Labute approximate surface area is 201 Å². The number of aromatic nitrogens is 2. The molecule has 0 atom stereocenters. The maximum absolute atomic E-state index is 13.6. The Morgan fingerprint density at radius 2 is 1.62 bits per heavy atom. The van der Waals surface area contributed by atoms with Crippen molar-refractivity contribution in [3.8, 4) is 5.69 Å². The Hall–Kier alpha value is -2.97. The average Bonchev–Trinajstić information content (AvgIpc) is 3.18. The summed E-state index contributed by atoms with van der Waals surface area (Å²) in [7, 11) is -3.71. The highest BCUT2D eigenvalue weighted by Crippen LogP contribution is 2.32. The Balaban J connectivity index is 1.33. The molecular formula is C26H30N4O3S. The first kappa shape index (κ1) is 22.8. The standard InChI is InChI=1S/C26H30N4O3S/c1-19-25(20(2)30(27-19)23-11-4-3-5-12-23)34(32,33)28-17-14-22(15-18-28)26(31)29-16-8-10-21-9-6-7-13-24(21)29/h3-7,9,11-13,22H,8,10,14-18H2,1-2H3. The number of carbonyl (C=O) groups is 1. The maximum atomic E-state index is 13.6. The lowest BCUT2D eigenvalue weighted by Crippen LogP contribution is -2.45. The summed E-state index contributed by atoms with van der Waals surface area (Å²) in [6.07, 6.45) is 3.01. The molecule has 2 aromatic carbocycles. The number of amides is 1. The van der Waals surface area contributed by atoms with Crippen molar-refractivity contribution >= 4 is 21.6 Å². The molecule has 1 amide bonds. The number of hydrogen-bond acceptors (Lipinski definition) is 4. The lowest BCUT2D eigenvalue weighted by atomic mass is 9.94. The van der Waals surface area contributed by atoms with Crippen LogP contribution in [0.3, 0.4) is 0 Å². The number of hydrogen-bond donors (Lipinski definition) is 0. The lowest BCUT2D eigenvalue weighted by molar-refractivity contribution is -0.123. The normalized spacial score (nSPS) is 17.5. The van der Waals surface area contributed by atoms with Gasteiger partial charge in [0, 0.05) is 31.2 Å². The molecule has 8 heteroatoms. The van der Waals surface area contributed by atoms with E-state index in [0.29, 0.717) is 37.3 Å². The zero-order valence-electron chi connectivity index (χ0n) is 19.6. The molecule has 0 N–H and O–H groups in total. The van der Waals surface area contributed by atoms with Gasteiger partial charge < -0.3 is 4.90 Å². The second-order valence-corrected chi connectivity index (χ2v) is 11.0. The van der Waals surface area contributed by atoms with Crippen molar-refractivity contribution in [2.45, 2.75) is 44.4 Å². The van der Waals surface area contributed by atoms with Crippen LogP contribution in [0.5, 0.6) is 0 Å². The maximum Gasteiger partial charge on any atom is 0.246 e. The zero-order valence-corrected chi connectivity index (χ0v) is 20.5. The predicted octanol–water partition coefficient (Wildman–Crippen LogP) is 3.87. The monoisotopic (exact) mass is 478 g/mol. The highest BCUT2D eigenvalue weighted by molar-refractivity contribution is 7.89. The van der Waals surface area contributed by atoms with Crippen LogP contribution >= 0.6 is 0 Å². The van der Waals surface area contributed by atoms with Gasteiger partial charge in [-0.1, -0.05) is 36.4 Å². The molecule has 0 saturated carbocycles. The van der Waals surface area contributed by atoms with E-state index < -0.39 is 10.0 Å². The Bertz CT molecular complexity index is 1310. The van der Waals surface area contributed by atoms with Crippen molar-refractivity contribution in [3.63, 3.8) is 0 Å². The third kappa shape index (κ3) is 3.95. The van der Waals surface area contributed by atoms with Crippen LogP contribution in [-0.2, 0) is 21.2 Å². The average molecular weight is 479 g/mol. The van der Waals surface area contributed by atoms with E-state index in [-0.39, 0.29) is 16.7 Å². The first-order valence-corrected chi connectivity index (χ1v) is 13.3. The van der Waals surface area contributed by atoms with Crippen molar-refractivity contribution in [1.82, 2.24) is 14.1 Å². The van der Waals surface area contributed by atoms with E-state index in [2.05, 4.69) is 11.2 Å². The van der Waals surface area contributed by atoms with E-state index in [1.807, 2.05) is 53.4 Å². The number of aryl methyl sites for hydroxylation is 2. The van der Waals surface area contributed by atoms with Crippen molar-refractivity contribution in [2.24, 2.45) is 5.92 Å². The minimum Gasteiger partial charge on any atom is -0.312 e. The summed E-state index contributed by atoms with van der Waals surface area (Å²) in [5.74, 6) is -0.0414. The summed E-state index contributed by atoms with van der Waals surface area (Å²) < 4.78 is 30.4. The van der Waals surface area contributed by atoms with Gasteiger partial charge in [-0.25, -0.2) is 13.1 Å². The molecule has 0 bridgehead atoms. The summed E-state index contributed by atoms with van der Waals surface area (Å²) in [5, 5.41) is 4.52. The van der Waals surface area contributed by atoms with Crippen LogP contribution in [0.15, 0.2) is 59.5 Å². The molecule has 1 saturated heterocycles. The van der Waals surface area contributed by atoms with Crippen LogP contribution in [0.4, 0.5) is 5.69 Å². The third-order valence-corrected chi connectivity index (χ3v) is 9.15. The second-order valence-electron chi connectivity index (χ2n) is 9.15. The predicted molar refractivity (Wildman–Crippen MR) is 132 cm³/mol. The number of benzene rings is 2. The van der Waals surface area contributed by atoms with Gasteiger partial charge in [0.2, 0.25) is 15.9 Å². The van der Waals surface area contributed by atoms with E-state index in [4.69, 9.17) is 0 Å². The van der Waals surface area contributed by atoms with Gasteiger partial charge in [-0.2, -0.15) is 9.40 Å². The van der Waals surface area contributed by atoms with Crippen LogP contribution in [0.1, 0.15) is 36.2 Å². The number of carbonyl (C=O) groups excluding carboxylic acids is 1. The third-order valence-electron chi connectivity index (χ3n) is 7.00. The lowest BCUT2D eigenvalue weighted by Gasteiger charge is -2.36. The molecule has 0 radical (unpaired) electrons. The summed E-state index contributed by atoms with van der Waals surface area (Å²) in [6, 6.07) is 17.6. The minimum atomic E-state index is -3.71. The fraction of sp³-hybridized carbons (Fsp3) is 0.385. The summed E-state index contributed by atoms with van der Waals surface area (Å²) in [5.41, 5.74) is 4.14. The number of piperidine rings is 1. The summed E-state index contributed by atoms with van der Waals surface area (Å²) in [6.45, 7) is 4.94. The molecule has 0 spiro atoms. The van der Waals surface area contributed by atoms with Gasteiger partial charge in [0.05, 0.1) is 17.1 Å². The highest BCUT2D eigenvalue weighted by Gasteiger charge is 2.37. The quantitative estimate of drug-likeness (QED) is 0.571. The number of sulfonamides is 1. The number of nitrogens with zero attached hydrogens (tertiary/aromatic N) is 4. The Morgan fingerprint density at radius 1 is 0.941 bits per heavy atom. The number of para-hydroxylation sites is 2. The largest absolute Gasteiger partial charge is 0.312 e. The Morgan fingerprint density at radius 3 is 2.35 bits per heavy atom. The fourth-order valence-electron chi connectivity index (χ4n) is 5.28. The molecule has 34 heavy (non-hydrogen) atoms. The van der Waals surface area contributed by atoms with Crippen LogP contribution in [0.25, 0.3) is 5.69 Å². The van der Waals surface area contributed by atoms with E-state index >= 15 is 0 Å². The smallest absolute Gasteiger partial charge is 0.246 e. The van der Waals surface area contributed by atoms with Crippen molar-refractivity contribution in [3.05, 3.63) is 71.5 Å². The molecule has 3 aromatic rings. The Kier molecular flexibility index (Phi) is 6.04. The van der Waals surface area contributed by atoms with Crippen molar-refractivity contribution in [2.75, 3.05) is 24.5 Å². The molecule has 1 aromatic heterocycles. The number of rotatable bonds is 4. The molecular weight excluding hydrogens is 448 g/mol. The summed E-state index contributed by atoms with van der Waals surface area (Å²) >= 11 is 0. The molecule has 0 unspecified atom stereocenters. The van der Waals surface area contributed by atoms with Gasteiger partial charge in [-0.05, 0) is 63.3 Å². The van der Waals surface area contributed by atoms with Gasteiger partial charge in [0.1, 0.15) is 4.90 Å². The molecule has 178 valence electrons. The highest BCUT2D eigenvalue weighted by atomic mass is 32.2. The van der Waals surface area contributed by atoms with Gasteiger partial charge >= 0.3 is 0 Å². The molecule has 5 rings (SSSR count). The number of anilines is 1. The van der Waals surface area contributed by atoms with Gasteiger partial charge in [-0.3, -0.25) is 4.79 Å². The van der Waals surface area contributed by atoms with Crippen molar-refractivity contribution in [1.29, 1.82) is 0 Å². The topological polar surface area (TPSA) is 75.5 Å². The van der Waals surface area contributed by atoms with Crippen molar-refractivity contribution < 1.29 is 13.2 Å². The SMILES string of the molecule is Cc1nn(-c2ccccc2)c(C)c1S(=O)(=O)N1CCC(C(=O)N2CCCc3ccccc32)CC1. The minimum absolute atomic E-state index is 0.119. The summed E-state index contributed by atoms with van der Waals surface area (Å²) in [4.78, 5) is 15.5. The number of fused-ring (bicyclic) bond motifs is 1. The molecule has 1 fully saturated rings. The van der Waals surface area contributed by atoms with E-state index in [1.165, 1.54) is 9.87 Å². The van der Waals surface area contributed by atoms with Gasteiger partial charge in [0.25, 0.3) is 0 Å². The molecule has 7 nitrogen and oxygen atoms in total. The fourth-order valence-corrected chi connectivity index (χ4v) is 7.10. The second kappa shape index (κ2) is 9.00. The van der Waals surface area contributed by atoms with Gasteiger partial charge in [0.15, 0.2) is 0 Å². The zero-order chi connectivity index (χ0) is 23.9. The van der Waals surface area contributed by atoms with E-state index in [1.54, 1.807) is 18.5 Å². The molecule has 0 aliphatic carbocycles. The molecule has 2 aliphatic rings. The van der Waals surface area contributed by atoms with Crippen LogP contribution in [0, 0.1) is 19.8 Å².